The summed E-state index contributed by atoms with van der Waals surface area (Å²) >= 11 is 0. The van der Waals surface area contributed by atoms with Crippen LogP contribution in [0.3, 0.4) is 0 Å². The summed E-state index contributed by atoms with van der Waals surface area (Å²) in [7, 11) is 0. The zero-order valence-corrected chi connectivity index (χ0v) is 8.79. The van der Waals surface area contributed by atoms with E-state index in [-0.39, 0.29) is 19.0 Å². The predicted molar refractivity (Wildman–Crippen MR) is 45.0 cm³/mol. The van der Waals surface area contributed by atoms with Gasteiger partial charge in [-0.25, -0.2) is 9.36 Å². The smallest absolute Gasteiger partial charge is 0.426 e. The number of carbonyl (C=O) groups is 1. The van der Waals surface area contributed by atoms with Crippen LogP contribution in [0.4, 0.5) is 19.0 Å². The summed E-state index contributed by atoms with van der Waals surface area (Å²) in [5.41, 5.74) is 0. The Hall–Kier alpha value is -1.30. The Balaban J connectivity index is 0.00000128. The average Bonchev–Trinajstić information content (AvgIpc) is 2.41. The Morgan fingerprint density at radius 1 is 1.38 bits per heavy atom. The van der Waals surface area contributed by atoms with Crippen molar-refractivity contribution in [2.45, 2.75) is 12.7 Å². The van der Waals surface area contributed by atoms with Crippen molar-refractivity contribution in [3.05, 3.63) is 24.4 Å². The number of hydrogen-bond donors (Lipinski definition) is 0. The third kappa shape index (κ3) is 2.44. The molecule has 0 saturated carbocycles. The van der Waals surface area contributed by atoms with E-state index in [2.05, 4.69) is 0 Å². The Morgan fingerprint density at radius 3 is 2.69 bits per heavy atom. The van der Waals surface area contributed by atoms with Gasteiger partial charge in [-0.15, -0.1) is 0 Å². The van der Waals surface area contributed by atoms with Gasteiger partial charge in [0.15, 0.2) is 13.1 Å². The van der Waals surface area contributed by atoms with Gasteiger partial charge in [0.25, 0.3) is 5.82 Å². The van der Waals surface area contributed by atoms with Gasteiger partial charge >= 0.3 is 12.1 Å². The molecule has 88 valence electrons. The molecule has 0 aromatic carbocycles. The minimum Gasteiger partial charge on any atom is -1.00 e. The molecular formula is C9H8ClF3N2O. The number of amides is 1. The van der Waals surface area contributed by atoms with Crippen LogP contribution in [-0.2, 0) is 11.3 Å². The van der Waals surface area contributed by atoms with Crippen molar-refractivity contribution in [3.63, 3.8) is 0 Å². The maximum atomic E-state index is 12.2. The van der Waals surface area contributed by atoms with Crippen molar-refractivity contribution >= 4 is 11.7 Å². The molecule has 0 fully saturated rings. The maximum Gasteiger partial charge on any atom is 0.426 e. The fourth-order valence-electron chi connectivity index (χ4n) is 1.55. The second-order valence-electron chi connectivity index (χ2n) is 3.28. The number of nitrogens with zero attached hydrogens (tertiary/aromatic N) is 2. The normalized spacial score (nSPS) is 14.7. The molecule has 0 unspecified atom stereocenters. The van der Waals surface area contributed by atoms with E-state index in [1.54, 1.807) is 18.3 Å². The van der Waals surface area contributed by atoms with Crippen LogP contribution in [0.15, 0.2) is 24.4 Å². The zero-order chi connectivity index (χ0) is 11.1. The molecule has 2 heterocycles. The fraction of sp³-hybridized carbons (Fsp3) is 0.333. The molecule has 1 aliphatic rings. The first kappa shape index (κ1) is 12.8. The SMILES string of the molecule is O=C1C[n+]2ccccc2N1CC(F)(F)F.[Cl-]. The second-order valence-corrected chi connectivity index (χ2v) is 3.28. The van der Waals surface area contributed by atoms with Crippen LogP contribution < -0.4 is 21.9 Å². The van der Waals surface area contributed by atoms with E-state index in [1.807, 2.05) is 0 Å². The number of rotatable bonds is 1. The Labute approximate surface area is 95.9 Å². The predicted octanol–water partition coefficient (Wildman–Crippen LogP) is -2.11. The minimum atomic E-state index is -4.37. The number of halogens is 4. The van der Waals surface area contributed by atoms with E-state index in [9.17, 15) is 18.0 Å². The number of alkyl halides is 3. The summed E-state index contributed by atoms with van der Waals surface area (Å²) in [6.07, 6.45) is -2.78. The van der Waals surface area contributed by atoms with E-state index in [4.69, 9.17) is 0 Å². The van der Waals surface area contributed by atoms with Crippen LogP contribution in [0.1, 0.15) is 0 Å². The molecule has 0 saturated heterocycles. The van der Waals surface area contributed by atoms with Gasteiger partial charge in [-0.3, -0.25) is 0 Å². The monoisotopic (exact) mass is 252 g/mol. The van der Waals surface area contributed by atoms with E-state index >= 15 is 0 Å². The van der Waals surface area contributed by atoms with Gasteiger partial charge in [-0.1, -0.05) is 6.07 Å². The van der Waals surface area contributed by atoms with Crippen molar-refractivity contribution in [1.82, 2.24) is 0 Å². The van der Waals surface area contributed by atoms with Gasteiger partial charge in [-0.2, -0.15) is 18.1 Å². The summed E-state index contributed by atoms with van der Waals surface area (Å²) in [6.45, 7) is -1.25. The van der Waals surface area contributed by atoms with Gasteiger partial charge in [0.05, 0.1) is 6.20 Å². The van der Waals surface area contributed by atoms with E-state index < -0.39 is 18.6 Å². The molecule has 7 heteroatoms. The molecule has 0 atom stereocenters. The van der Waals surface area contributed by atoms with E-state index in [0.29, 0.717) is 5.82 Å². The van der Waals surface area contributed by atoms with Gasteiger partial charge in [-0.05, 0) is 6.07 Å². The summed E-state index contributed by atoms with van der Waals surface area (Å²) in [5, 5.41) is 0. The number of hydrogen-bond acceptors (Lipinski definition) is 1. The molecule has 0 bridgehead atoms. The highest BCUT2D eigenvalue weighted by atomic mass is 35.5. The lowest BCUT2D eigenvalue weighted by atomic mass is 10.4. The van der Waals surface area contributed by atoms with Crippen molar-refractivity contribution < 1.29 is 34.9 Å². The molecule has 2 rings (SSSR count). The van der Waals surface area contributed by atoms with Gasteiger partial charge < -0.3 is 12.4 Å². The molecule has 3 nitrogen and oxygen atoms in total. The third-order valence-electron chi connectivity index (χ3n) is 2.14. The lowest BCUT2D eigenvalue weighted by Crippen LogP contribution is -3.00. The van der Waals surface area contributed by atoms with Crippen molar-refractivity contribution in [2.24, 2.45) is 0 Å². The maximum absolute atomic E-state index is 12.2. The first-order valence-corrected chi connectivity index (χ1v) is 4.33. The van der Waals surface area contributed by atoms with Gasteiger partial charge in [0, 0.05) is 6.07 Å². The highest BCUT2D eigenvalue weighted by Crippen LogP contribution is 2.22. The molecule has 0 aliphatic carbocycles. The highest BCUT2D eigenvalue weighted by molar-refractivity contribution is 5.92. The Morgan fingerprint density at radius 2 is 2.06 bits per heavy atom. The Kier molecular flexibility index (Phi) is 3.42. The molecule has 0 radical (unpaired) electrons. The summed E-state index contributed by atoms with van der Waals surface area (Å²) in [6, 6.07) is 4.78. The van der Waals surface area contributed by atoms with Crippen molar-refractivity contribution in [1.29, 1.82) is 0 Å². The standard InChI is InChI=1S/C9H8F3N2O.ClH/c10-9(11,12)6-14-7-3-1-2-4-13(7)5-8(14)15;/h1-4H,5-6H2;1H/q+1;/p-1. The third-order valence-corrected chi connectivity index (χ3v) is 2.14. The molecule has 16 heavy (non-hydrogen) atoms. The molecule has 0 N–H and O–H groups in total. The second kappa shape index (κ2) is 4.29. The fourth-order valence-corrected chi connectivity index (χ4v) is 1.55. The Bertz CT molecular complexity index is 408. The van der Waals surface area contributed by atoms with Crippen molar-refractivity contribution in [3.8, 4) is 0 Å². The molecule has 1 aromatic heterocycles. The van der Waals surface area contributed by atoms with Crippen LogP contribution >= 0.6 is 0 Å². The number of anilines is 1. The van der Waals surface area contributed by atoms with Crippen LogP contribution in [-0.4, -0.2) is 18.6 Å². The highest BCUT2D eigenvalue weighted by Gasteiger charge is 2.44. The number of carbonyl (C=O) groups excluding carboxylic acids is 1. The number of pyridine rings is 1. The largest absolute Gasteiger partial charge is 1.00 e. The topological polar surface area (TPSA) is 24.2 Å². The molecule has 0 spiro atoms. The van der Waals surface area contributed by atoms with Crippen LogP contribution in [0.5, 0.6) is 0 Å². The number of aromatic nitrogens is 1. The first-order valence-electron chi connectivity index (χ1n) is 4.33. The van der Waals surface area contributed by atoms with Crippen LogP contribution in [0.2, 0.25) is 0 Å². The lowest BCUT2D eigenvalue weighted by Gasteiger charge is -2.10. The average molecular weight is 253 g/mol. The summed E-state index contributed by atoms with van der Waals surface area (Å²) in [4.78, 5) is 12.1. The minimum absolute atomic E-state index is 0. The van der Waals surface area contributed by atoms with Crippen LogP contribution in [0.25, 0.3) is 0 Å². The molecular weight excluding hydrogens is 245 g/mol. The van der Waals surface area contributed by atoms with Gasteiger partial charge in [0.2, 0.25) is 0 Å². The summed E-state index contributed by atoms with van der Waals surface area (Å²) in [5.74, 6) is -0.238. The van der Waals surface area contributed by atoms with Gasteiger partial charge in [0.1, 0.15) is 0 Å². The van der Waals surface area contributed by atoms with Crippen LogP contribution in [0, 0.1) is 0 Å². The van der Waals surface area contributed by atoms with E-state index in [1.165, 1.54) is 10.6 Å². The molecule has 1 amide bonds. The zero-order valence-electron chi connectivity index (χ0n) is 8.04. The number of fused-ring (bicyclic) bond motifs is 1. The quantitative estimate of drug-likeness (QED) is 0.525. The first-order chi connectivity index (χ1) is 6.97. The molecule has 1 aromatic rings. The lowest BCUT2D eigenvalue weighted by molar-refractivity contribution is -0.664. The summed E-state index contributed by atoms with van der Waals surface area (Å²) < 4.78 is 38.0. The van der Waals surface area contributed by atoms with E-state index in [0.717, 1.165) is 4.90 Å². The van der Waals surface area contributed by atoms with Crippen molar-refractivity contribution in [2.75, 3.05) is 11.4 Å². The molecule has 1 aliphatic heterocycles.